The number of anilines is 3. The summed E-state index contributed by atoms with van der Waals surface area (Å²) in [6.45, 7) is 7.43. The van der Waals surface area contributed by atoms with Gasteiger partial charge in [-0.3, -0.25) is 0 Å². The summed E-state index contributed by atoms with van der Waals surface area (Å²) in [6, 6.07) is 39.5. The highest BCUT2D eigenvalue weighted by Gasteiger charge is 2.35. The van der Waals surface area contributed by atoms with Gasteiger partial charge in [-0.15, -0.1) is 22.7 Å². The van der Waals surface area contributed by atoms with Crippen LogP contribution in [-0.2, 0) is 4.65 Å². The largest absolute Gasteiger partial charge is 0.427 e. The monoisotopic (exact) mass is 585 g/mol. The van der Waals surface area contributed by atoms with Crippen LogP contribution in [0.1, 0.15) is 27.7 Å². The van der Waals surface area contributed by atoms with Gasteiger partial charge >= 0.3 is 7.48 Å². The van der Waals surface area contributed by atoms with Crippen molar-refractivity contribution in [2.24, 2.45) is 0 Å². The molecule has 0 bridgehead atoms. The van der Waals surface area contributed by atoms with Gasteiger partial charge in [-0.25, -0.2) is 0 Å². The van der Waals surface area contributed by atoms with Gasteiger partial charge in [0.05, 0.1) is 11.2 Å². The van der Waals surface area contributed by atoms with Crippen molar-refractivity contribution in [2.45, 2.75) is 38.9 Å². The van der Waals surface area contributed by atoms with Crippen LogP contribution in [0.3, 0.4) is 0 Å². The number of fused-ring (bicyclic) bond motifs is 6. The van der Waals surface area contributed by atoms with Crippen LogP contribution in [0.15, 0.2) is 109 Å². The molecule has 7 aromatic rings. The van der Waals surface area contributed by atoms with Crippen molar-refractivity contribution >= 4 is 93.0 Å². The van der Waals surface area contributed by atoms with Crippen molar-refractivity contribution in [3.8, 4) is 0 Å². The molecule has 0 radical (unpaired) electrons. The van der Waals surface area contributed by atoms with Crippen molar-refractivity contribution in [3.63, 3.8) is 0 Å². The van der Waals surface area contributed by atoms with Crippen LogP contribution >= 0.6 is 22.7 Å². The summed E-state index contributed by atoms with van der Waals surface area (Å²) in [6.07, 6.45) is 0. The van der Waals surface area contributed by atoms with Gasteiger partial charge in [-0.1, -0.05) is 54.0 Å². The molecule has 0 aliphatic heterocycles. The SMILES string of the molecule is CC(C)(O)C(C)(C)OBc1ccc(N(c2ccc3sc4ccccc4c3c2)c2ccc3sc4ccccc4c3c2)cc1. The van der Waals surface area contributed by atoms with Crippen LogP contribution < -0.4 is 10.4 Å². The fraction of sp³-hybridized carbons (Fsp3) is 0.167. The fourth-order valence-electron chi connectivity index (χ4n) is 5.34. The standard InChI is InChI=1S/C36H32BNO2S2/c1-35(2,39)36(3,4)40-37-23-13-15-24(16-14-23)38(25-17-19-33-29(21-25)27-9-5-7-11-31(27)41-33)26-18-20-34-30(22-26)28-10-6-8-12-32(28)42-34/h5-22,37,39H,1-4H3. The van der Waals surface area contributed by atoms with E-state index < -0.39 is 11.2 Å². The van der Waals surface area contributed by atoms with E-state index in [4.69, 9.17) is 4.65 Å². The quantitative estimate of drug-likeness (QED) is 0.189. The summed E-state index contributed by atoms with van der Waals surface area (Å²) in [5.41, 5.74) is 2.77. The Morgan fingerprint density at radius 3 is 1.52 bits per heavy atom. The Hall–Kier alpha value is -3.68. The minimum Gasteiger partial charge on any atom is -0.427 e. The maximum Gasteiger partial charge on any atom is 0.309 e. The van der Waals surface area contributed by atoms with E-state index >= 15 is 0 Å². The van der Waals surface area contributed by atoms with Crippen molar-refractivity contribution in [1.29, 1.82) is 0 Å². The van der Waals surface area contributed by atoms with Crippen LogP contribution in [0.2, 0.25) is 0 Å². The van der Waals surface area contributed by atoms with Gasteiger partial charge in [0.25, 0.3) is 0 Å². The zero-order valence-corrected chi connectivity index (χ0v) is 25.9. The first kappa shape index (κ1) is 27.2. The molecule has 0 spiro atoms. The van der Waals surface area contributed by atoms with E-state index in [1.54, 1.807) is 13.8 Å². The lowest BCUT2D eigenvalue weighted by Gasteiger charge is -2.37. The second kappa shape index (κ2) is 10.2. The third-order valence-electron chi connectivity index (χ3n) is 8.50. The maximum absolute atomic E-state index is 10.5. The lowest BCUT2D eigenvalue weighted by Crippen LogP contribution is -2.49. The zero-order valence-electron chi connectivity index (χ0n) is 24.2. The number of thiophene rings is 2. The molecule has 3 nitrogen and oxygen atoms in total. The Bertz CT molecular complexity index is 1950. The molecule has 2 aromatic heterocycles. The summed E-state index contributed by atoms with van der Waals surface area (Å²) in [5.74, 6) is 0. The van der Waals surface area contributed by atoms with Gasteiger partial charge in [-0.2, -0.15) is 0 Å². The van der Waals surface area contributed by atoms with Crippen LogP contribution in [0.4, 0.5) is 17.1 Å². The van der Waals surface area contributed by atoms with Crippen LogP contribution in [0.25, 0.3) is 40.3 Å². The highest BCUT2D eigenvalue weighted by atomic mass is 32.1. The summed E-state index contributed by atoms with van der Waals surface area (Å²) in [4.78, 5) is 2.35. The van der Waals surface area contributed by atoms with Gasteiger partial charge in [0, 0.05) is 57.4 Å². The molecule has 7 rings (SSSR count). The van der Waals surface area contributed by atoms with E-state index in [0.717, 1.165) is 22.5 Å². The lowest BCUT2D eigenvalue weighted by atomic mass is 9.82. The molecule has 0 aliphatic carbocycles. The van der Waals surface area contributed by atoms with E-state index in [1.807, 2.05) is 36.5 Å². The van der Waals surface area contributed by atoms with Crippen LogP contribution in [0.5, 0.6) is 0 Å². The zero-order chi connectivity index (χ0) is 29.1. The van der Waals surface area contributed by atoms with Crippen LogP contribution in [0, 0.1) is 0 Å². The minimum absolute atomic E-state index is 0.428. The predicted molar refractivity (Wildman–Crippen MR) is 185 cm³/mol. The Labute approximate surface area is 254 Å². The predicted octanol–water partition coefficient (Wildman–Crippen LogP) is 9.44. The highest BCUT2D eigenvalue weighted by Crippen LogP contribution is 2.43. The van der Waals surface area contributed by atoms with Gasteiger partial charge in [-0.05, 0) is 88.4 Å². The molecule has 0 saturated heterocycles. The second-order valence-corrected chi connectivity index (χ2v) is 14.1. The number of hydrogen-bond donors (Lipinski definition) is 1. The van der Waals surface area contributed by atoms with Gasteiger partial charge in [0.1, 0.15) is 0 Å². The summed E-state index contributed by atoms with van der Waals surface area (Å²) in [7, 11) is 0.428. The van der Waals surface area contributed by atoms with Gasteiger partial charge in [0.2, 0.25) is 0 Å². The Balaban J connectivity index is 1.33. The summed E-state index contributed by atoms with van der Waals surface area (Å²) >= 11 is 3.68. The Morgan fingerprint density at radius 2 is 1.02 bits per heavy atom. The van der Waals surface area contributed by atoms with Crippen LogP contribution in [-0.4, -0.2) is 23.8 Å². The van der Waals surface area contributed by atoms with Gasteiger partial charge in [0.15, 0.2) is 0 Å². The molecule has 1 N–H and O–H groups in total. The number of rotatable bonds is 7. The number of aliphatic hydroxyl groups is 1. The summed E-state index contributed by atoms with van der Waals surface area (Å²) < 4.78 is 11.3. The average molecular weight is 586 g/mol. The van der Waals surface area contributed by atoms with Crippen molar-refractivity contribution in [3.05, 3.63) is 109 Å². The van der Waals surface area contributed by atoms with E-state index in [2.05, 4.69) is 114 Å². The normalized spacial score (nSPS) is 12.5. The third kappa shape index (κ3) is 4.79. The first-order valence-electron chi connectivity index (χ1n) is 14.3. The first-order chi connectivity index (χ1) is 20.2. The van der Waals surface area contributed by atoms with E-state index in [0.29, 0.717) is 7.48 Å². The molecule has 0 unspecified atom stereocenters. The number of nitrogens with zero attached hydrogens (tertiary/aromatic N) is 1. The molecular weight excluding hydrogens is 553 g/mol. The fourth-order valence-corrected chi connectivity index (χ4v) is 7.51. The molecule has 42 heavy (non-hydrogen) atoms. The molecule has 6 heteroatoms. The number of hydrogen-bond acceptors (Lipinski definition) is 5. The molecule has 0 fully saturated rings. The maximum atomic E-state index is 10.5. The molecule has 0 atom stereocenters. The van der Waals surface area contributed by atoms with Crippen molar-refractivity contribution < 1.29 is 9.76 Å². The summed E-state index contributed by atoms with van der Waals surface area (Å²) in [5, 5.41) is 15.7. The molecule has 0 saturated carbocycles. The number of benzene rings is 5. The Kier molecular flexibility index (Phi) is 6.63. The molecule has 0 aliphatic rings. The highest BCUT2D eigenvalue weighted by molar-refractivity contribution is 7.26. The first-order valence-corrected chi connectivity index (χ1v) is 15.9. The van der Waals surface area contributed by atoms with Gasteiger partial charge < -0.3 is 14.7 Å². The van der Waals surface area contributed by atoms with Crippen molar-refractivity contribution in [1.82, 2.24) is 0 Å². The van der Waals surface area contributed by atoms with Crippen molar-refractivity contribution in [2.75, 3.05) is 4.90 Å². The molecular formula is C36H32BNO2S2. The third-order valence-corrected chi connectivity index (χ3v) is 10.8. The molecule has 2 heterocycles. The molecule has 0 amide bonds. The van der Waals surface area contributed by atoms with E-state index in [9.17, 15) is 5.11 Å². The van der Waals surface area contributed by atoms with E-state index in [1.165, 1.54) is 40.3 Å². The molecule has 5 aromatic carbocycles. The second-order valence-electron chi connectivity index (χ2n) is 11.9. The average Bonchev–Trinajstić information content (AvgIpc) is 3.54. The van der Waals surface area contributed by atoms with E-state index in [-0.39, 0.29) is 0 Å². The lowest BCUT2D eigenvalue weighted by molar-refractivity contribution is -0.0893. The topological polar surface area (TPSA) is 32.7 Å². The minimum atomic E-state index is -0.946. The smallest absolute Gasteiger partial charge is 0.309 e. The molecule has 208 valence electrons. The Morgan fingerprint density at radius 1 is 0.571 bits per heavy atom.